The average molecular weight is 217 g/mol. The SMILES string of the molecule is C#CC(NCC)c1cccc2c1OCCO2. The molecular weight excluding hydrogens is 202 g/mol. The lowest BCUT2D eigenvalue weighted by Gasteiger charge is -2.23. The van der Waals surface area contributed by atoms with E-state index in [0.29, 0.717) is 13.2 Å². The Morgan fingerprint density at radius 3 is 3.00 bits per heavy atom. The fourth-order valence-electron chi connectivity index (χ4n) is 1.79. The molecule has 3 heteroatoms. The van der Waals surface area contributed by atoms with Crippen LogP contribution in [0, 0.1) is 12.3 Å². The van der Waals surface area contributed by atoms with Crippen LogP contribution in [0.5, 0.6) is 11.5 Å². The summed E-state index contributed by atoms with van der Waals surface area (Å²) in [5.41, 5.74) is 0.974. The van der Waals surface area contributed by atoms with Gasteiger partial charge in [0.2, 0.25) is 0 Å². The molecule has 0 aromatic heterocycles. The van der Waals surface area contributed by atoms with E-state index in [0.717, 1.165) is 23.6 Å². The second kappa shape index (κ2) is 4.91. The van der Waals surface area contributed by atoms with Gasteiger partial charge in [0.1, 0.15) is 13.2 Å². The number of nitrogens with one attached hydrogen (secondary N) is 1. The molecule has 1 unspecified atom stereocenters. The van der Waals surface area contributed by atoms with Crippen molar-refractivity contribution in [2.24, 2.45) is 0 Å². The minimum atomic E-state index is -0.123. The standard InChI is InChI=1S/C13H15NO2/c1-3-11(14-4-2)10-6-5-7-12-13(10)16-9-8-15-12/h1,5-7,11,14H,4,8-9H2,2H3. The van der Waals surface area contributed by atoms with E-state index in [9.17, 15) is 0 Å². The summed E-state index contributed by atoms with van der Waals surface area (Å²) in [7, 11) is 0. The van der Waals surface area contributed by atoms with Crippen LogP contribution < -0.4 is 14.8 Å². The van der Waals surface area contributed by atoms with Crippen LogP contribution in [-0.2, 0) is 0 Å². The summed E-state index contributed by atoms with van der Waals surface area (Å²) in [5.74, 6) is 4.28. The highest BCUT2D eigenvalue weighted by Gasteiger charge is 2.19. The van der Waals surface area contributed by atoms with Crippen LogP contribution in [-0.4, -0.2) is 19.8 Å². The lowest BCUT2D eigenvalue weighted by atomic mass is 10.1. The molecule has 0 fully saturated rings. The highest BCUT2D eigenvalue weighted by atomic mass is 16.6. The molecule has 1 aliphatic heterocycles. The van der Waals surface area contributed by atoms with E-state index in [1.807, 2.05) is 25.1 Å². The van der Waals surface area contributed by atoms with Crippen LogP contribution in [0.25, 0.3) is 0 Å². The number of terminal acetylenes is 1. The lowest BCUT2D eigenvalue weighted by Crippen LogP contribution is -2.22. The van der Waals surface area contributed by atoms with Crippen LogP contribution >= 0.6 is 0 Å². The van der Waals surface area contributed by atoms with E-state index in [1.165, 1.54) is 0 Å². The van der Waals surface area contributed by atoms with Crippen LogP contribution in [0.15, 0.2) is 18.2 Å². The Hall–Kier alpha value is -1.66. The first-order valence-electron chi connectivity index (χ1n) is 5.44. The fourth-order valence-corrected chi connectivity index (χ4v) is 1.79. The van der Waals surface area contributed by atoms with Gasteiger partial charge in [-0.25, -0.2) is 0 Å². The highest BCUT2D eigenvalue weighted by Crippen LogP contribution is 2.36. The number of ether oxygens (including phenoxy) is 2. The molecule has 0 bridgehead atoms. The quantitative estimate of drug-likeness (QED) is 0.782. The molecule has 16 heavy (non-hydrogen) atoms. The van der Waals surface area contributed by atoms with Crippen molar-refractivity contribution in [1.29, 1.82) is 0 Å². The van der Waals surface area contributed by atoms with Crippen molar-refractivity contribution in [3.8, 4) is 23.8 Å². The molecule has 0 radical (unpaired) electrons. The van der Waals surface area contributed by atoms with Crippen molar-refractivity contribution in [1.82, 2.24) is 5.32 Å². The molecule has 1 N–H and O–H groups in total. The predicted octanol–water partition coefficient (Wildman–Crippen LogP) is 1.74. The molecule has 1 atom stereocenters. The number of rotatable bonds is 3. The Kier molecular flexibility index (Phi) is 3.33. The zero-order chi connectivity index (χ0) is 11.4. The van der Waals surface area contributed by atoms with Crippen molar-refractivity contribution in [2.45, 2.75) is 13.0 Å². The molecule has 1 aliphatic rings. The van der Waals surface area contributed by atoms with Gasteiger partial charge in [-0.3, -0.25) is 0 Å². The van der Waals surface area contributed by atoms with E-state index >= 15 is 0 Å². The van der Waals surface area contributed by atoms with Crippen molar-refractivity contribution >= 4 is 0 Å². The maximum atomic E-state index is 5.62. The third-order valence-corrected chi connectivity index (χ3v) is 2.48. The maximum absolute atomic E-state index is 5.62. The average Bonchev–Trinajstić information content (AvgIpc) is 2.35. The van der Waals surface area contributed by atoms with Gasteiger partial charge >= 0.3 is 0 Å². The predicted molar refractivity (Wildman–Crippen MR) is 62.7 cm³/mol. The summed E-state index contributed by atoms with van der Waals surface area (Å²) in [6.07, 6.45) is 5.52. The minimum absolute atomic E-state index is 0.123. The van der Waals surface area contributed by atoms with Crippen molar-refractivity contribution in [2.75, 3.05) is 19.8 Å². The van der Waals surface area contributed by atoms with Gasteiger partial charge in [0.05, 0.1) is 6.04 Å². The summed E-state index contributed by atoms with van der Waals surface area (Å²) in [6, 6.07) is 5.68. The molecule has 0 saturated carbocycles. The Labute approximate surface area is 95.8 Å². The van der Waals surface area contributed by atoms with Crippen molar-refractivity contribution in [3.05, 3.63) is 23.8 Å². The third-order valence-electron chi connectivity index (χ3n) is 2.48. The van der Waals surface area contributed by atoms with Gasteiger partial charge in [0.15, 0.2) is 11.5 Å². The van der Waals surface area contributed by atoms with Crippen molar-refractivity contribution in [3.63, 3.8) is 0 Å². The number of benzene rings is 1. The monoisotopic (exact) mass is 217 g/mol. The Bertz CT molecular complexity index is 409. The smallest absolute Gasteiger partial charge is 0.167 e. The Morgan fingerprint density at radius 2 is 2.25 bits per heavy atom. The van der Waals surface area contributed by atoms with Gasteiger partial charge in [-0.1, -0.05) is 25.0 Å². The first kappa shape index (κ1) is 10.8. The first-order chi connectivity index (χ1) is 7.86. The molecule has 0 saturated heterocycles. The van der Waals surface area contributed by atoms with Gasteiger partial charge in [-0.2, -0.15) is 0 Å². The Morgan fingerprint density at radius 1 is 1.44 bits per heavy atom. The number of fused-ring (bicyclic) bond motifs is 1. The van der Waals surface area contributed by atoms with E-state index in [2.05, 4.69) is 11.2 Å². The summed E-state index contributed by atoms with van der Waals surface area (Å²) >= 11 is 0. The van der Waals surface area contributed by atoms with E-state index in [4.69, 9.17) is 15.9 Å². The Balaban J connectivity index is 2.36. The molecule has 84 valence electrons. The maximum Gasteiger partial charge on any atom is 0.167 e. The summed E-state index contributed by atoms with van der Waals surface area (Å²) in [6.45, 7) is 4.02. The van der Waals surface area contributed by atoms with Gasteiger partial charge in [0.25, 0.3) is 0 Å². The fraction of sp³-hybridized carbons (Fsp3) is 0.385. The van der Waals surface area contributed by atoms with Crippen LogP contribution in [0.2, 0.25) is 0 Å². The van der Waals surface area contributed by atoms with E-state index in [-0.39, 0.29) is 6.04 Å². The van der Waals surface area contributed by atoms with Crippen LogP contribution in [0.4, 0.5) is 0 Å². The molecule has 1 aromatic carbocycles. The molecule has 2 rings (SSSR count). The zero-order valence-electron chi connectivity index (χ0n) is 9.32. The molecule has 0 spiro atoms. The minimum Gasteiger partial charge on any atom is -0.486 e. The van der Waals surface area contributed by atoms with Crippen LogP contribution in [0.3, 0.4) is 0 Å². The lowest BCUT2D eigenvalue weighted by molar-refractivity contribution is 0.169. The normalized spacial score (nSPS) is 15.2. The van der Waals surface area contributed by atoms with E-state index in [1.54, 1.807) is 0 Å². The molecule has 3 nitrogen and oxygen atoms in total. The van der Waals surface area contributed by atoms with Crippen molar-refractivity contribution < 1.29 is 9.47 Å². The molecule has 0 amide bonds. The number of para-hydroxylation sites is 1. The van der Waals surface area contributed by atoms with E-state index < -0.39 is 0 Å². The molecule has 0 aliphatic carbocycles. The zero-order valence-corrected chi connectivity index (χ0v) is 9.32. The molecule has 1 aromatic rings. The second-order valence-electron chi connectivity index (χ2n) is 3.53. The topological polar surface area (TPSA) is 30.5 Å². The highest BCUT2D eigenvalue weighted by molar-refractivity contribution is 5.50. The number of hydrogen-bond acceptors (Lipinski definition) is 3. The largest absolute Gasteiger partial charge is 0.486 e. The first-order valence-corrected chi connectivity index (χ1v) is 5.44. The molecular formula is C13H15NO2. The summed E-state index contributed by atoms with van der Waals surface area (Å²) in [4.78, 5) is 0. The van der Waals surface area contributed by atoms with Gasteiger partial charge in [0, 0.05) is 5.56 Å². The van der Waals surface area contributed by atoms with Gasteiger partial charge in [-0.05, 0) is 12.6 Å². The van der Waals surface area contributed by atoms with Crippen LogP contribution in [0.1, 0.15) is 18.5 Å². The van der Waals surface area contributed by atoms with Gasteiger partial charge in [-0.15, -0.1) is 6.42 Å². The second-order valence-corrected chi connectivity index (χ2v) is 3.53. The summed E-state index contributed by atoms with van der Waals surface area (Å²) in [5, 5.41) is 3.23. The molecule has 1 heterocycles. The number of hydrogen-bond donors (Lipinski definition) is 1. The third kappa shape index (κ3) is 1.98. The summed E-state index contributed by atoms with van der Waals surface area (Å²) < 4.78 is 11.1. The van der Waals surface area contributed by atoms with Gasteiger partial charge < -0.3 is 14.8 Å².